The number of benzene rings is 3. The van der Waals surface area contributed by atoms with Gasteiger partial charge >= 0.3 is 5.97 Å². The van der Waals surface area contributed by atoms with E-state index < -0.39 is 29.3 Å². The first kappa shape index (κ1) is 24.6. The van der Waals surface area contributed by atoms with E-state index in [9.17, 15) is 14.7 Å². The number of aliphatic hydroxyl groups excluding tert-OH is 1. The molecule has 6 nitrogen and oxygen atoms in total. The predicted octanol–water partition coefficient (Wildman–Crippen LogP) is 3.79. The zero-order valence-corrected chi connectivity index (χ0v) is 20.3. The van der Waals surface area contributed by atoms with E-state index in [4.69, 9.17) is 4.74 Å². The van der Waals surface area contributed by atoms with Crippen LogP contribution in [0.5, 0.6) is 0 Å². The number of hydrogen-bond donors (Lipinski definition) is 3. The monoisotopic (exact) mass is 472 g/mol. The number of aliphatic hydroxyl groups is 1. The molecule has 0 saturated carbocycles. The Morgan fingerprint density at radius 1 is 0.943 bits per heavy atom. The zero-order valence-electron chi connectivity index (χ0n) is 20.3. The van der Waals surface area contributed by atoms with Gasteiger partial charge in [-0.3, -0.25) is 10.1 Å². The van der Waals surface area contributed by atoms with Crippen molar-refractivity contribution in [3.05, 3.63) is 107 Å². The van der Waals surface area contributed by atoms with Crippen LogP contribution in [-0.2, 0) is 32.8 Å². The Morgan fingerprint density at radius 2 is 1.51 bits per heavy atom. The Balaban J connectivity index is 1.87. The van der Waals surface area contributed by atoms with Crippen LogP contribution < -0.4 is 10.6 Å². The van der Waals surface area contributed by atoms with E-state index in [2.05, 4.69) is 10.6 Å². The normalized spacial score (nSPS) is 18.4. The van der Waals surface area contributed by atoms with E-state index in [1.807, 2.05) is 36.4 Å². The summed E-state index contributed by atoms with van der Waals surface area (Å²) < 4.78 is 5.88. The summed E-state index contributed by atoms with van der Waals surface area (Å²) in [5.74, 6) is -0.900. The molecule has 0 radical (unpaired) electrons. The van der Waals surface area contributed by atoms with Gasteiger partial charge < -0.3 is 15.2 Å². The zero-order chi connectivity index (χ0) is 25.1. The third-order valence-electron chi connectivity index (χ3n) is 6.19. The second kappa shape index (κ2) is 10.0. The van der Waals surface area contributed by atoms with Gasteiger partial charge in [-0.05, 0) is 49.4 Å². The van der Waals surface area contributed by atoms with Crippen molar-refractivity contribution in [3.63, 3.8) is 0 Å². The highest BCUT2D eigenvalue weighted by Crippen LogP contribution is 2.39. The molecule has 182 valence electrons. The van der Waals surface area contributed by atoms with Gasteiger partial charge in [0.05, 0.1) is 6.04 Å². The summed E-state index contributed by atoms with van der Waals surface area (Å²) >= 11 is 0. The Kier molecular flexibility index (Phi) is 7.05. The Labute approximate surface area is 206 Å². The average Bonchev–Trinajstić information content (AvgIpc) is 3.00. The minimum atomic E-state index is -1.74. The van der Waals surface area contributed by atoms with Crippen LogP contribution in [0.2, 0.25) is 0 Å². The molecule has 0 aliphatic carbocycles. The molecule has 0 spiro atoms. The van der Waals surface area contributed by atoms with Gasteiger partial charge in [0.15, 0.2) is 5.54 Å². The van der Waals surface area contributed by atoms with Crippen LogP contribution >= 0.6 is 0 Å². The molecule has 0 aromatic heterocycles. The Bertz CT molecular complexity index is 1170. The number of esters is 1. The van der Waals surface area contributed by atoms with Crippen molar-refractivity contribution in [2.45, 2.75) is 57.0 Å². The number of carbonyl (C=O) groups excluding carboxylic acids is 2. The summed E-state index contributed by atoms with van der Waals surface area (Å²) in [6, 6.07) is 25.0. The molecule has 1 heterocycles. The van der Waals surface area contributed by atoms with Crippen LogP contribution in [0.1, 0.15) is 49.1 Å². The molecule has 3 atom stereocenters. The first-order valence-electron chi connectivity index (χ1n) is 11.8. The number of ether oxygens (including phenoxy) is 1. The summed E-state index contributed by atoms with van der Waals surface area (Å²) in [7, 11) is 0. The van der Waals surface area contributed by atoms with E-state index in [0.717, 1.165) is 11.1 Å². The summed E-state index contributed by atoms with van der Waals surface area (Å²) in [5, 5.41) is 18.1. The third kappa shape index (κ3) is 5.29. The quantitative estimate of drug-likeness (QED) is 0.475. The topological polar surface area (TPSA) is 87.7 Å². The molecule has 1 amide bonds. The van der Waals surface area contributed by atoms with Gasteiger partial charge in [0.25, 0.3) is 0 Å². The van der Waals surface area contributed by atoms with Crippen LogP contribution in [0.15, 0.2) is 84.9 Å². The molecule has 1 aliphatic rings. The molecule has 1 aliphatic heterocycles. The minimum absolute atomic E-state index is 0.245. The predicted molar refractivity (Wildman–Crippen MR) is 134 cm³/mol. The summed E-state index contributed by atoms with van der Waals surface area (Å²) in [6.07, 6.45) is -0.965. The van der Waals surface area contributed by atoms with Crippen molar-refractivity contribution in [1.82, 2.24) is 10.6 Å². The smallest absolute Gasteiger partial charge is 0.334 e. The van der Waals surface area contributed by atoms with Crippen molar-refractivity contribution in [3.8, 4) is 0 Å². The number of hydrogen-bond acceptors (Lipinski definition) is 5. The summed E-state index contributed by atoms with van der Waals surface area (Å²) in [4.78, 5) is 27.3. The van der Waals surface area contributed by atoms with Gasteiger partial charge in [0, 0.05) is 6.54 Å². The summed E-state index contributed by atoms with van der Waals surface area (Å²) in [6.45, 7) is 5.75. The number of fused-ring (bicyclic) bond motifs is 1. The van der Waals surface area contributed by atoms with Crippen molar-refractivity contribution >= 4 is 11.9 Å². The van der Waals surface area contributed by atoms with Crippen LogP contribution in [-0.4, -0.2) is 28.6 Å². The Hall–Kier alpha value is -3.48. The first-order valence-corrected chi connectivity index (χ1v) is 11.8. The van der Waals surface area contributed by atoms with Gasteiger partial charge in [0.2, 0.25) is 5.91 Å². The molecule has 3 N–H and O–H groups in total. The molecule has 0 saturated heterocycles. The fraction of sp³-hybridized carbons (Fsp3) is 0.310. The van der Waals surface area contributed by atoms with Gasteiger partial charge in [-0.25, -0.2) is 4.79 Å². The molecular formula is C29H32N2O4. The maximum absolute atomic E-state index is 14.0. The summed E-state index contributed by atoms with van der Waals surface area (Å²) in [5.41, 5.74) is 0.519. The lowest BCUT2D eigenvalue weighted by atomic mass is 9.79. The first-order chi connectivity index (χ1) is 16.7. The van der Waals surface area contributed by atoms with Gasteiger partial charge in [-0.15, -0.1) is 0 Å². The second-order valence-electron chi connectivity index (χ2n) is 9.88. The lowest BCUT2D eigenvalue weighted by molar-refractivity contribution is -0.171. The van der Waals surface area contributed by atoms with Crippen molar-refractivity contribution in [2.75, 3.05) is 0 Å². The van der Waals surface area contributed by atoms with E-state index in [1.54, 1.807) is 69.3 Å². The van der Waals surface area contributed by atoms with Gasteiger partial charge in [0.1, 0.15) is 11.7 Å². The van der Waals surface area contributed by atoms with E-state index in [1.165, 1.54) is 0 Å². The van der Waals surface area contributed by atoms with Crippen molar-refractivity contribution < 1.29 is 19.4 Å². The lowest BCUT2D eigenvalue weighted by Crippen LogP contribution is -2.61. The van der Waals surface area contributed by atoms with Crippen LogP contribution in [0.3, 0.4) is 0 Å². The molecule has 0 bridgehead atoms. The molecule has 0 unspecified atom stereocenters. The molecule has 3 aromatic rings. The van der Waals surface area contributed by atoms with Crippen molar-refractivity contribution in [2.24, 2.45) is 0 Å². The van der Waals surface area contributed by atoms with E-state index in [0.29, 0.717) is 24.1 Å². The highest BCUT2D eigenvalue weighted by atomic mass is 16.6. The fourth-order valence-corrected chi connectivity index (χ4v) is 4.49. The highest BCUT2D eigenvalue weighted by molar-refractivity contribution is 5.88. The molecule has 0 fully saturated rings. The molecule has 4 rings (SSSR count). The SMILES string of the molecule is CC(C)(C)OC(=O)[C@@](N[C@@H]1Cc2ccccc2CNC1=O)(c1ccccc1)[C@@H](O)c1ccccc1. The number of carbonyl (C=O) groups is 2. The van der Waals surface area contributed by atoms with Crippen molar-refractivity contribution in [1.29, 1.82) is 0 Å². The van der Waals surface area contributed by atoms with Crippen LogP contribution in [0, 0.1) is 0 Å². The highest BCUT2D eigenvalue weighted by Gasteiger charge is 2.52. The molecular weight excluding hydrogens is 440 g/mol. The number of nitrogens with one attached hydrogen (secondary N) is 2. The Morgan fingerprint density at radius 3 is 2.14 bits per heavy atom. The van der Waals surface area contributed by atoms with Crippen LogP contribution in [0.4, 0.5) is 0 Å². The fourth-order valence-electron chi connectivity index (χ4n) is 4.49. The molecule has 35 heavy (non-hydrogen) atoms. The van der Waals surface area contributed by atoms with Crippen LogP contribution in [0.25, 0.3) is 0 Å². The molecule has 6 heteroatoms. The largest absolute Gasteiger partial charge is 0.458 e. The van der Waals surface area contributed by atoms with Gasteiger partial charge in [-0.1, -0.05) is 84.9 Å². The standard InChI is InChI=1S/C29H32N2O4/c1-28(2,3)35-27(34)29(23-16-8-5-9-17-23,25(32)20-12-6-4-7-13-20)31-24-18-21-14-10-11-15-22(21)19-30-26(24)33/h4-17,24-25,31-32H,18-19H2,1-3H3,(H,30,33)/t24-,25+,29-/m1/s1. The van der Waals surface area contributed by atoms with E-state index >= 15 is 0 Å². The maximum atomic E-state index is 14.0. The lowest BCUT2D eigenvalue weighted by Gasteiger charge is -2.41. The van der Waals surface area contributed by atoms with Gasteiger partial charge in [-0.2, -0.15) is 0 Å². The van der Waals surface area contributed by atoms with E-state index in [-0.39, 0.29) is 5.91 Å². The number of amides is 1. The molecule has 3 aromatic carbocycles. The minimum Gasteiger partial charge on any atom is -0.458 e. The number of rotatable bonds is 6. The third-order valence-corrected chi connectivity index (χ3v) is 6.19. The average molecular weight is 473 g/mol. The second-order valence-corrected chi connectivity index (χ2v) is 9.88. The maximum Gasteiger partial charge on any atom is 0.334 e.